The van der Waals surface area contributed by atoms with Crippen LogP contribution in [0.15, 0.2) is 18.2 Å². The Hall–Kier alpha value is -1.95. The number of amides is 2. The number of nitrogens with one attached hydrogen (secondary N) is 1. The van der Waals surface area contributed by atoms with Gasteiger partial charge in [0.25, 0.3) is 0 Å². The zero-order chi connectivity index (χ0) is 15.0. The molecule has 0 saturated carbocycles. The van der Waals surface area contributed by atoms with E-state index in [9.17, 15) is 4.79 Å². The normalized spacial score (nSPS) is 10.0. The Labute approximate surface area is 119 Å². The smallest absolute Gasteiger partial charge is 0.321 e. The Morgan fingerprint density at radius 2 is 1.95 bits per heavy atom. The van der Waals surface area contributed by atoms with E-state index in [-0.39, 0.29) is 12.6 Å². The highest BCUT2D eigenvalue weighted by Crippen LogP contribution is 2.29. The van der Waals surface area contributed by atoms with Crippen molar-refractivity contribution in [3.05, 3.63) is 18.2 Å². The quantitative estimate of drug-likeness (QED) is 0.801. The average Bonchev–Trinajstić information content (AvgIpc) is 2.46. The maximum absolute atomic E-state index is 12.1. The summed E-state index contributed by atoms with van der Waals surface area (Å²) in [6, 6.07) is 4.92. The zero-order valence-corrected chi connectivity index (χ0v) is 12.2. The van der Waals surface area contributed by atoms with Crippen LogP contribution >= 0.6 is 0 Å². The van der Waals surface area contributed by atoms with Crippen LogP contribution in [0.5, 0.6) is 11.5 Å². The topological polar surface area (TPSA) is 71.0 Å². The minimum absolute atomic E-state index is 0.0562. The maximum atomic E-state index is 12.1. The second-order valence-electron chi connectivity index (χ2n) is 4.21. The molecule has 6 heteroatoms. The van der Waals surface area contributed by atoms with Crippen molar-refractivity contribution in [3.63, 3.8) is 0 Å². The molecular weight excluding hydrogens is 260 g/mol. The van der Waals surface area contributed by atoms with Gasteiger partial charge in [0.2, 0.25) is 0 Å². The molecule has 0 unspecified atom stereocenters. The SMILES string of the molecule is CCCN(CCO)C(=O)Nc1ccc(OC)c(OC)c1. The molecule has 0 heterocycles. The van der Waals surface area contributed by atoms with E-state index in [0.29, 0.717) is 30.3 Å². The maximum Gasteiger partial charge on any atom is 0.321 e. The van der Waals surface area contributed by atoms with Crippen molar-refractivity contribution in [3.8, 4) is 11.5 Å². The first-order chi connectivity index (χ1) is 9.65. The van der Waals surface area contributed by atoms with Crippen molar-refractivity contribution in [2.45, 2.75) is 13.3 Å². The van der Waals surface area contributed by atoms with Crippen LogP contribution in [0.4, 0.5) is 10.5 Å². The van der Waals surface area contributed by atoms with E-state index < -0.39 is 0 Å². The van der Waals surface area contributed by atoms with Gasteiger partial charge in [-0.05, 0) is 18.6 Å². The van der Waals surface area contributed by atoms with Crippen LogP contribution in [0.2, 0.25) is 0 Å². The van der Waals surface area contributed by atoms with E-state index in [4.69, 9.17) is 14.6 Å². The molecule has 2 amide bonds. The van der Waals surface area contributed by atoms with Crippen molar-refractivity contribution in [1.82, 2.24) is 4.90 Å². The van der Waals surface area contributed by atoms with Crippen LogP contribution in [0, 0.1) is 0 Å². The number of hydrogen-bond donors (Lipinski definition) is 2. The summed E-state index contributed by atoms with van der Waals surface area (Å²) in [7, 11) is 3.10. The largest absolute Gasteiger partial charge is 0.493 e. The third-order valence-corrected chi connectivity index (χ3v) is 2.79. The molecule has 0 saturated heterocycles. The van der Waals surface area contributed by atoms with Gasteiger partial charge < -0.3 is 24.8 Å². The standard InChI is InChI=1S/C14H22N2O4/c1-4-7-16(8-9-17)14(18)15-11-5-6-12(19-2)13(10-11)20-3/h5-6,10,17H,4,7-9H2,1-3H3,(H,15,18). The van der Waals surface area contributed by atoms with Crippen LogP contribution in [-0.4, -0.2) is 50.0 Å². The lowest BCUT2D eigenvalue weighted by atomic mass is 10.2. The average molecular weight is 282 g/mol. The van der Waals surface area contributed by atoms with Crippen LogP contribution in [-0.2, 0) is 0 Å². The van der Waals surface area contributed by atoms with E-state index >= 15 is 0 Å². The number of urea groups is 1. The summed E-state index contributed by atoms with van der Waals surface area (Å²) in [5.74, 6) is 1.15. The third kappa shape index (κ3) is 4.31. The summed E-state index contributed by atoms with van der Waals surface area (Å²) >= 11 is 0. The molecule has 6 nitrogen and oxygen atoms in total. The molecule has 0 aromatic heterocycles. The van der Waals surface area contributed by atoms with E-state index in [1.807, 2.05) is 6.92 Å². The lowest BCUT2D eigenvalue weighted by Gasteiger charge is -2.21. The third-order valence-electron chi connectivity index (χ3n) is 2.79. The first kappa shape index (κ1) is 16.1. The van der Waals surface area contributed by atoms with Gasteiger partial charge >= 0.3 is 6.03 Å². The van der Waals surface area contributed by atoms with Crippen LogP contribution < -0.4 is 14.8 Å². The Balaban J connectivity index is 2.78. The molecule has 2 N–H and O–H groups in total. The molecule has 0 atom stereocenters. The fourth-order valence-corrected chi connectivity index (χ4v) is 1.82. The molecule has 0 aliphatic heterocycles. The van der Waals surface area contributed by atoms with Crippen LogP contribution in [0.25, 0.3) is 0 Å². The Kier molecular flexibility index (Phi) is 6.66. The van der Waals surface area contributed by atoms with Crippen molar-refractivity contribution in [1.29, 1.82) is 0 Å². The van der Waals surface area contributed by atoms with E-state index in [0.717, 1.165) is 6.42 Å². The first-order valence-corrected chi connectivity index (χ1v) is 6.55. The fourth-order valence-electron chi connectivity index (χ4n) is 1.82. The zero-order valence-electron chi connectivity index (χ0n) is 12.2. The molecule has 0 radical (unpaired) electrons. The molecule has 0 bridgehead atoms. The monoisotopic (exact) mass is 282 g/mol. The minimum Gasteiger partial charge on any atom is -0.493 e. The molecular formula is C14H22N2O4. The van der Waals surface area contributed by atoms with Crippen molar-refractivity contribution < 1.29 is 19.4 Å². The molecule has 0 spiro atoms. The van der Waals surface area contributed by atoms with Gasteiger partial charge in [0, 0.05) is 24.8 Å². The Morgan fingerprint density at radius 1 is 1.25 bits per heavy atom. The Bertz CT molecular complexity index is 431. The molecule has 20 heavy (non-hydrogen) atoms. The number of carbonyl (C=O) groups is 1. The number of nitrogens with zero attached hydrogens (tertiary/aromatic N) is 1. The number of aliphatic hydroxyl groups excluding tert-OH is 1. The molecule has 1 aromatic rings. The lowest BCUT2D eigenvalue weighted by Crippen LogP contribution is -2.37. The number of ether oxygens (including phenoxy) is 2. The fraction of sp³-hybridized carbons (Fsp3) is 0.500. The number of rotatable bonds is 7. The molecule has 1 aromatic carbocycles. The first-order valence-electron chi connectivity index (χ1n) is 6.55. The van der Waals surface area contributed by atoms with E-state index in [2.05, 4.69) is 5.32 Å². The summed E-state index contributed by atoms with van der Waals surface area (Å²) in [5, 5.41) is 11.7. The predicted molar refractivity (Wildman–Crippen MR) is 77.5 cm³/mol. The molecule has 0 aliphatic carbocycles. The minimum atomic E-state index is -0.242. The second-order valence-corrected chi connectivity index (χ2v) is 4.21. The Morgan fingerprint density at radius 3 is 2.50 bits per heavy atom. The van der Waals surface area contributed by atoms with Crippen LogP contribution in [0.1, 0.15) is 13.3 Å². The van der Waals surface area contributed by atoms with E-state index in [1.165, 1.54) is 0 Å². The van der Waals surface area contributed by atoms with Crippen molar-refractivity contribution in [2.24, 2.45) is 0 Å². The molecule has 0 aliphatic rings. The summed E-state index contributed by atoms with van der Waals surface area (Å²) in [4.78, 5) is 13.6. The molecule has 1 rings (SSSR count). The summed E-state index contributed by atoms with van der Waals surface area (Å²) < 4.78 is 10.3. The van der Waals surface area contributed by atoms with Crippen molar-refractivity contribution in [2.75, 3.05) is 39.2 Å². The molecule has 0 fully saturated rings. The predicted octanol–water partition coefficient (Wildman–Crippen LogP) is 1.94. The van der Waals surface area contributed by atoms with Gasteiger partial charge in [0.1, 0.15) is 0 Å². The summed E-state index contributed by atoms with van der Waals surface area (Å²) in [6.07, 6.45) is 0.833. The highest BCUT2D eigenvalue weighted by Gasteiger charge is 2.13. The van der Waals surface area contributed by atoms with Crippen molar-refractivity contribution >= 4 is 11.7 Å². The second kappa shape index (κ2) is 8.27. The number of methoxy groups -OCH3 is 2. The van der Waals surface area contributed by atoms with Gasteiger partial charge in [0.15, 0.2) is 11.5 Å². The number of carbonyl (C=O) groups excluding carboxylic acids is 1. The molecule has 112 valence electrons. The summed E-state index contributed by atoms with van der Waals surface area (Å²) in [5.41, 5.74) is 0.617. The van der Waals surface area contributed by atoms with Gasteiger partial charge in [-0.2, -0.15) is 0 Å². The number of anilines is 1. The summed E-state index contributed by atoms with van der Waals surface area (Å²) in [6.45, 7) is 2.83. The van der Waals surface area contributed by atoms with Crippen LogP contribution in [0.3, 0.4) is 0 Å². The number of aliphatic hydroxyl groups is 1. The highest BCUT2D eigenvalue weighted by atomic mass is 16.5. The van der Waals surface area contributed by atoms with Gasteiger partial charge in [-0.1, -0.05) is 6.92 Å². The lowest BCUT2D eigenvalue weighted by molar-refractivity contribution is 0.188. The van der Waals surface area contributed by atoms with Gasteiger partial charge in [-0.3, -0.25) is 0 Å². The van der Waals surface area contributed by atoms with E-state index in [1.54, 1.807) is 37.3 Å². The number of benzene rings is 1. The highest BCUT2D eigenvalue weighted by molar-refractivity contribution is 5.89. The van der Waals surface area contributed by atoms with Gasteiger partial charge in [-0.15, -0.1) is 0 Å². The number of hydrogen-bond acceptors (Lipinski definition) is 4. The van der Waals surface area contributed by atoms with Gasteiger partial charge in [0.05, 0.1) is 20.8 Å². The van der Waals surface area contributed by atoms with Gasteiger partial charge in [-0.25, -0.2) is 4.79 Å².